The van der Waals surface area contributed by atoms with Crippen LogP contribution in [0.5, 0.6) is 5.75 Å². The van der Waals surface area contributed by atoms with Gasteiger partial charge < -0.3 is 14.5 Å². The molecule has 1 atom stereocenters. The predicted octanol–water partition coefficient (Wildman–Crippen LogP) is 2.64. The van der Waals surface area contributed by atoms with Crippen molar-refractivity contribution < 1.29 is 17.9 Å². The second-order valence-electron chi connectivity index (χ2n) is 8.03. The van der Waals surface area contributed by atoms with Gasteiger partial charge in [-0.25, -0.2) is 8.42 Å². The zero-order valence-electron chi connectivity index (χ0n) is 18.8. The minimum atomic E-state index is -3.91. The van der Waals surface area contributed by atoms with Crippen LogP contribution in [0.25, 0.3) is 0 Å². The molecule has 1 fully saturated rings. The summed E-state index contributed by atoms with van der Waals surface area (Å²) in [5, 5.41) is 0. The third kappa shape index (κ3) is 5.02. The first kappa shape index (κ1) is 23.1. The number of amides is 1. The van der Waals surface area contributed by atoms with E-state index in [1.54, 1.807) is 30.0 Å². The van der Waals surface area contributed by atoms with Crippen LogP contribution in [0.3, 0.4) is 0 Å². The Balaban J connectivity index is 1.66. The van der Waals surface area contributed by atoms with E-state index in [4.69, 9.17) is 4.74 Å². The Morgan fingerprint density at radius 3 is 2.39 bits per heavy atom. The van der Waals surface area contributed by atoms with Crippen molar-refractivity contribution in [1.82, 2.24) is 9.62 Å². The van der Waals surface area contributed by atoms with Gasteiger partial charge in [0.15, 0.2) is 0 Å². The van der Waals surface area contributed by atoms with E-state index in [0.29, 0.717) is 26.2 Å². The van der Waals surface area contributed by atoms with Gasteiger partial charge in [0.05, 0.1) is 13.2 Å². The average molecular weight is 446 g/mol. The normalized spacial score (nSPS) is 15.6. The van der Waals surface area contributed by atoms with E-state index >= 15 is 0 Å². The predicted molar refractivity (Wildman–Crippen MR) is 122 cm³/mol. The number of carbonyl (C=O) groups is 1. The first-order chi connectivity index (χ1) is 14.6. The third-order valence-electron chi connectivity index (χ3n) is 5.82. The summed E-state index contributed by atoms with van der Waals surface area (Å²) in [5.74, 6) is 0.0238. The number of sulfonamides is 1. The summed E-state index contributed by atoms with van der Waals surface area (Å²) in [7, 11) is -2.48. The smallest absolute Gasteiger partial charge is 0.244 e. The number of nitrogens with one attached hydrogen (secondary N) is 1. The van der Waals surface area contributed by atoms with Crippen molar-refractivity contribution in [3.8, 4) is 5.75 Å². The Labute approximate surface area is 185 Å². The van der Waals surface area contributed by atoms with Crippen LogP contribution < -0.4 is 14.4 Å². The second-order valence-corrected chi connectivity index (χ2v) is 9.71. The van der Waals surface area contributed by atoms with E-state index in [2.05, 4.69) is 35.6 Å². The van der Waals surface area contributed by atoms with E-state index in [-0.39, 0.29) is 16.6 Å². The van der Waals surface area contributed by atoms with E-state index in [0.717, 1.165) is 5.56 Å². The van der Waals surface area contributed by atoms with Crippen LogP contribution >= 0.6 is 0 Å². The lowest BCUT2D eigenvalue weighted by Crippen LogP contribution is -2.54. The number of benzene rings is 2. The fourth-order valence-corrected chi connectivity index (χ4v) is 5.31. The average Bonchev–Trinajstić information content (AvgIpc) is 2.75. The van der Waals surface area contributed by atoms with Gasteiger partial charge in [-0.3, -0.25) is 4.79 Å². The number of rotatable bonds is 6. The molecule has 0 aliphatic carbocycles. The Hall–Kier alpha value is -2.58. The lowest BCUT2D eigenvalue weighted by molar-refractivity contribution is -0.132. The number of aryl methyl sites for hydroxylation is 2. The zero-order valence-corrected chi connectivity index (χ0v) is 19.6. The summed E-state index contributed by atoms with van der Waals surface area (Å²) in [5.41, 5.74) is 4.47. The topological polar surface area (TPSA) is 78.9 Å². The molecule has 0 spiro atoms. The molecule has 2 aromatic rings. The molecule has 0 radical (unpaired) electrons. The van der Waals surface area contributed by atoms with Crippen LogP contribution in [0.1, 0.15) is 23.6 Å². The number of piperazine rings is 1. The fraction of sp³-hybridized carbons (Fsp3) is 0.435. The summed E-state index contributed by atoms with van der Waals surface area (Å²) >= 11 is 0. The number of anilines is 1. The van der Waals surface area contributed by atoms with Gasteiger partial charge >= 0.3 is 0 Å². The lowest BCUT2D eigenvalue weighted by Gasteiger charge is -2.38. The van der Waals surface area contributed by atoms with Crippen LogP contribution in [0.4, 0.5) is 5.69 Å². The molecule has 2 aromatic carbocycles. The SMILES string of the molecule is COc1ccc(C)cc1S(=O)(=O)N[C@H](C)C(=O)N1CCN(c2cccc(C)c2C)CC1. The second kappa shape index (κ2) is 9.28. The number of nitrogens with zero attached hydrogens (tertiary/aromatic N) is 2. The summed E-state index contributed by atoms with van der Waals surface area (Å²) in [6.07, 6.45) is 0. The van der Waals surface area contributed by atoms with Gasteiger partial charge in [0.25, 0.3) is 0 Å². The molecule has 0 aromatic heterocycles. The number of carbonyl (C=O) groups excluding carboxylic acids is 1. The molecule has 1 heterocycles. The van der Waals surface area contributed by atoms with Crippen molar-refractivity contribution in [2.45, 2.75) is 38.6 Å². The van der Waals surface area contributed by atoms with Crippen molar-refractivity contribution in [2.75, 3.05) is 38.2 Å². The van der Waals surface area contributed by atoms with Crippen molar-refractivity contribution >= 4 is 21.6 Å². The maximum absolute atomic E-state index is 12.9. The van der Waals surface area contributed by atoms with E-state index < -0.39 is 16.1 Å². The molecule has 3 rings (SSSR count). The highest BCUT2D eigenvalue weighted by Gasteiger charge is 2.30. The summed E-state index contributed by atoms with van der Waals surface area (Å²) in [4.78, 5) is 17.0. The summed E-state index contributed by atoms with van der Waals surface area (Å²) in [6, 6.07) is 10.3. The zero-order chi connectivity index (χ0) is 22.8. The molecule has 1 saturated heterocycles. The summed E-state index contributed by atoms with van der Waals surface area (Å²) in [6.45, 7) is 10.1. The number of hydrogen-bond acceptors (Lipinski definition) is 5. The lowest BCUT2D eigenvalue weighted by atomic mass is 10.1. The molecule has 1 aliphatic heterocycles. The van der Waals surface area contributed by atoms with Gasteiger partial charge in [0.2, 0.25) is 15.9 Å². The van der Waals surface area contributed by atoms with Crippen LogP contribution in [0.15, 0.2) is 41.3 Å². The van der Waals surface area contributed by atoms with Crippen LogP contribution in [-0.2, 0) is 14.8 Å². The van der Waals surface area contributed by atoms with Gasteiger partial charge in [0, 0.05) is 31.9 Å². The van der Waals surface area contributed by atoms with Crippen molar-refractivity contribution in [2.24, 2.45) is 0 Å². The van der Waals surface area contributed by atoms with Crippen molar-refractivity contribution in [3.05, 3.63) is 53.1 Å². The highest BCUT2D eigenvalue weighted by molar-refractivity contribution is 7.89. The fourth-order valence-electron chi connectivity index (χ4n) is 3.86. The molecule has 0 bridgehead atoms. The quantitative estimate of drug-likeness (QED) is 0.740. The molecular formula is C23H31N3O4S. The Kier molecular flexibility index (Phi) is 6.91. The Morgan fingerprint density at radius 2 is 1.74 bits per heavy atom. The highest BCUT2D eigenvalue weighted by atomic mass is 32.2. The molecule has 8 heteroatoms. The van der Waals surface area contributed by atoms with Gasteiger partial charge in [-0.05, 0) is 62.6 Å². The standard InChI is InChI=1S/C23H31N3O4S/c1-16-9-10-21(30-5)22(15-16)31(28,29)24-19(4)23(27)26-13-11-25(12-14-26)20-8-6-7-17(2)18(20)3/h6-10,15,19,24H,11-14H2,1-5H3/t19-/m1/s1. The first-order valence-corrected chi connectivity index (χ1v) is 11.9. The molecule has 0 saturated carbocycles. The maximum atomic E-state index is 12.9. The number of methoxy groups -OCH3 is 1. The van der Waals surface area contributed by atoms with E-state index in [1.807, 2.05) is 13.0 Å². The van der Waals surface area contributed by atoms with Crippen LogP contribution in [0, 0.1) is 20.8 Å². The molecular weight excluding hydrogens is 414 g/mol. The van der Waals surface area contributed by atoms with Gasteiger partial charge in [0.1, 0.15) is 10.6 Å². The third-order valence-corrected chi connectivity index (χ3v) is 7.38. The van der Waals surface area contributed by atoms with Crippen LogP contribution in [0.2, 0.25) is 0 Å². The maximum Gasteiger partial charge on any atom is 0.244 e. The molecule has 0 unspecified atom stereocenters. The number of hydrogen-bond donors (Lipinski definition) is 1. The van der Waals surface area contributed by atoms with Crippen molar-refractivity contribution in [3.63, 3.8) is 0 Å². The Bertz CT molecular complexity index is 1060. The molecule has 7 nitrogen and oxygen atoms in total. The molecule has 1 N–H and O–H groups in total. The molecule has 31 heavy (non-hydrogen) atoms. The Morgan fingerprint density at radius 1 is 1.06 bits per heavy atom. The molecule has 1 aliphatic rings. The molecule has 168 valence electrons. The van der Waals surface area contributed by atoms with Gasteiger partial charge in [-0.1, -0.05) is 18.2 Å². The van der Waals surface area contributed by atoms with E-state index in [1.165, 1.54) is 23.9 Å². The minimum Gasteiger partial charge on any atom is -0.495 e. The van der Waals surface area contributed by atoms with Crippen molar-refractivity contribution in [1.29, 1.82) is 0 Å². The number of ether oxygens (including phenoxy) is 1. The largest absolute Gasteiger partial charge is 0.495 e. The van der Waals surface area contributed by atoms with E-state index in [9.17, 15) is 13.2 Å². The van der Waals surface area contributed by atoms with Gasteiger partial charge in [-0.2, -0.15) is 4.72 Å². The highest BCUT2D eigenvalue weighted by Crippen LogP contribution is 2.26. The van der Waals surface area contributed by atoms with Crippen LogP contribution in [-0.4, -0.2) is 58.6 Å². The monoisotopic (exact) mass is 445 g/mol. The first-order valence-electron chi connectivity index (χ1n) is 10.4. The van der Waals surface area contributed by atoms with Gasteiger partial charge in [-0.15, -0.1) is 0 Å². The summed E-state index contributed by atoms with van der Waals surface area (Å²) < 4.78 is 33.5. The molecule has 1 amide bonds. The minimum absolute atomic E-state index is 0.0365.